The summed E-state index contributed by atoms with van der Waals surface area (Å²) in [7, 11) is 0. The molecule has 0 spiro atoms. The van der Waals surface area contributed by atoms with Crippen molar-refractivity contribution in [3.05, 3.63) is 24.4 Å². The van der Waals surface area contributed by atoms with E-state index in [2.05, 4.69) is 10.2 Å². The second-order valence-corrected chi connectivity index (χ2v) is 4.46. The van der Waals surface area contributed by atoms with E-state index in [1.165, 1.54) is 0 Å². The van der Waals surface area contributed by atoms with Gasteiger partial charge in [-0.3, -0.25) is 5.10 Å². The minimum atomic E-state index is -0.608. The number of ether oxygens (including phenoxy) is 2. The summed E-state index contributed by atoms with van der Waals surface area (Å²) in [6, 6.07) is 5.72. The normalized spacial score (nSPS) is 16.1. The Kier molecular flexibility index (Phi) is 1.86. The summed E-state index contributed by atoms with van der Waals surface area (Å²) < 4.78 is 11.3. The van der Waals surface area contributed by atoms with Crippen molar-refractivity contribution in [3.8, 4) is 22.6 Å². The van der Waals surface area contributed by atoms with E-state index in [9.17, 15) is 0 Å². The van der Waals surface area contributed by atoms with E-state index in [-0.39, 0.29) is 0 Å². The highest BCUT2D eigenvalue weighted by Crippen LogP contribution is 2.41. The van der Waals surface area contributed by atoms with Crippen LogP contribution in [0.15, 0.2) is 24.4 Å². The molecule has 0 amide bonds. The second kappa shape index (κ2) is 3.16. The first-order valence-electron chi connectivity index (χ1n) is 5.36. The lowest BCUT2D eigenvalue weighted by Crippen LogP contribution is -2.29. The molecule has 1 aliphatic rings. The smallest absolute Gasteiger partial charge is 0.246 e. The number of fused-ring (bicyclic) bond motifs is 1. The fraction of sp³-hybridized carbons (Fsp3) is 0.250. The van der Waals surface area contributed by atoms with Gasteiger partial charge in [-0.2, -0.15) is 5.10 Å². The van der Waals surface area contributed by atoms with E-state index >= 15 is 0 Å². The van der Waals surface area contributed by atoms with Crippen LogP contribution in [0.1, 0.15) is 13.8 Å². The van der Waals surface area contributed by atoms with E-state index in [1.54, 1.807) is 6.20 Å². The molecule has 5 heteroatoms. The maximum Gasteiger partial charge on any atom is 0.246 e. The van der Waals surface area contributed by atoms with E-state index in [4.69, 9.17) is 15.2 Å². The fourth-order valence-corrected chi connectivity index (χ4v) is 1.92. The lowest BCUT2D eigenvalue weighted by molar-refractivity contribution is -0.0431. The maximum absolute atomic E-state index is 5.78. The third-order valence-electron chi connectivity index (χ3n) is 2.64. The Morgan fingerprint density at radius 1 is 1.24 bits per heavy atom. The van der Waals surface area contributed by atoms with Crippen LogP contribution in [0.4, 0.5) is 5.82 Å². The first-order chi connectivity index (χ1) is 8.05. The van der Waals surface area contributed by atoms with Gasteiger partial charge in [0, 0.05) is 19.4 Å². The second-order valence-electron chi connectivity index (χ2n) is 4.46. The lowest BCUT2D eigenvalue weighted by Gasteiger charge is -2.16. The molecule has 3 N–H and O–H groups in total. The van der Waals surface area contributed by atoms with Crippen LogP contribution in [0.25, 0.3) is 11.1 Å². The average Bonchev–Trinajstić information content (AvgIpc) is 2.78. The molecule has 0 aliphatic carbocycles. The molecule has 17 heavy (non-hydrogen) atoms. The minimum absolute atomic E-state index is 0.545. The Balaban J connectivity index is 2.05. The SMILES string of the molecule is CC1(C)Oc2ccc(-c3cn[nH]c3N)cc2O1. The number of H-pyrrole nitrogens is 1. The van der Waals surface area contributed by atoms with Gasteiger partial charge in [-0.1, -0.05) is 6.07 Å². The zero-order valence-corrected chi connectivity index (χ0v) is 9.65. The number of nitrogens with one attached hydrogen (secondary N) is 1. The molecule has 0 atom stereocenters. The monoisotopic (exact) mass is 231 g/mol. The average molecular weight is 231 g/mol. The summed E-state index contributed by atoms with van der Waals surface area (Å²) in [4.78, 5) is 0. The van der Waals surface area contributed by atoms with E-state index < -0.39 is 5.79 Å². The number of nitrogens with zero attached hydrogens (tertiary/aromatic N) is 1. The van der Waals surface area contributed by atoms with Gasteiger partial charge in [0.15, 0.2) is 11.5 Å². The van der Waals surface area contributed by atoms with Gasteiger partial charge in [0.25, 0.3) is 0 Å². The van der Waals surface area contributed by atoms with Crippen LogP contribution in [0.3, 0.4) is 0 Å². The number of benzene rings is 1. The van der Waals surface area contributed by atoms with Crippen molar-refractivity contribution >= 4 is 5.82 Å². The van der Waals surface area contributed by atoms with E-state index in [1.807, 2.05) is 32.0 Å². The van der Waals surface area contributed by atoms with Crippen molar-refractivity contribution in [1.82, 2.24) is 10.2 Å². The van der Waals surface area contributed by atoms with Crippen LogP contribution in [-0.4, -0.2) is 16.0 Å². The Morgan fingerprint density at radius 3 is 2.71 bits per heavy atom. The molecule has 0 saturated heterocycles. The summed E-state index contributed by atoms with van der Waals surface area (Å²) in [6.07, 6.45) is 1.69. The molecule has 0 fully saturated rings. The summed E-state index contributed by atoms with van der Waals surface area (Å²) in [6.45, 7) is 3.75. The first-order valence-corrected chi connectivity index (χ1v) is 5.36. The summed E-state index contributed by atoms with van der Waals surface area (Å²) >= 11 is 0. The van der Waals surface area contributed by atoms with Gasteiger partial charge in [-0.25, -0.2) is 0 Å². The third-order valence-corrected chi connectivity index (χ3v) is 2.64. The molecule has 0 bridgehead atoms. The molecular formula is C12H13N3O2. The molecule has 2 aromatic rings. The van der Waals surface area contributed by atoms with Crippen LogP contribution in [0.2, 0.25) is 0 Å². The highest BCUT2D eigenvalue weighted by Gasteiger charge is 2.31. The first kappa shape index (κ1) is 10.0. The van der Waals surface area contributed by atoms with Crippen molar-refractivity contribution in [3.63, 3.8) is 0 Å². The molecule has 5 nitrogen and oxygen atoms in total. The molecule has 0 radical (unpaired) electrons. The number of anilines is 1. The molecule has 88 valence electrons. The van der Waals surface area contributed by atoms with E-state index in [0.29, 0.717) is 5.82 Å². The lowest BCUT2D eigenvalue weighted by atomic mass is 10.1. The van der Waals surface area contributed by atoms with Gasteiger partial charge in [-0.05, 0) is 17.7 Å². The van der Waals surface area contributed by atoms with Crippen LogP contribution < -0.4 is 15.2 Å². The molecule has 1 aromatic heterocycles. The van der Waals surface area contributed by atoms with Crippen LogP contribution in [0, 0.1) is 0 Å². The molecule has 0 unspecified atom stereocenters. The summed E-state index contributed by atoms with van der Waals surface area (Å²) in [5.74, 6) is 1.42. The van der Waals surface area contributed by atoms with Gasteiger partial charge in [0.2, 0.25) is 5.79 Å². The molecule has 1 aliphatic heterocycles. The fourth-order valence-electron chi connectivity index (χ4n) is 1.92. The molecule has 0 saturated carbocycles. The topological polar surface area (TPSA) is 73.2 Å². The number of aromatic amines is 1. The van der Waals surface area contributed by atoms with Crippen LogP contribution in [-0.2, 0) is 0 Å². The number of hydrogen-bond acceptors (Lipinski definition) is 4. The molecule has 3 rings (SSSR count). The van der Waals surface area contributed by atoms with Crippen molar-refractivity contribution in [2.45, 2.75) is 19.6 Å². The Labute approximate surface area is 98.5 Å². The van der Waals surface area contributed by atoms with Crippen molar-refractivity contribution in [1.29, 1.82) is 0 Å². The largest absolute Gasteiger partial charge is 0.449 e. The number of rotatable bonds is 1. The summed E-state index contributed by atoms with van der Waals surface area (Å²) in [5, 5.41) is 6.60. The number of nitrogens with two attached hydrogens (primary N) is 1. The van der Waals surface area contributed by atoms with Gasteiger partial charge >= 0.3 is 0 Å². The zero-order chi connectivity index (χ0) is 12.0. The van der Waals surface area contributed by atoms with E-state index in [0.717, 1.165) is 22.6 Å². The van der Waals surface area contributed by atoms with Gasteiger partial charge in [-0.15, -0.1) is 0 Å². The minimum Gasteiger partial charge on any atom is -0.449 e. The quantitative estimate of drug-likeness (QED) is 0.788. The highest BCUT2D eigenvalue weighted by molar-refractivity contribution is 5.75. The van der Waals surface area contributed by atoms with Gasteiger partial charge in [0.1, 0.15) is 5.82 Å². The van der Waals surface area contributed by atoms with Crippen LogP contribution >= 0.6 is 0 Å². The van der Waals surface area contributed by atoms with Crippen LogP contribution in [0.5, 0.6) is 11.5 Å². The Morgan fingerprint density at radius 2 is 2.00 bits per heavy atom. The third kappa shape index (κ3) is 1.60. The highest BCUT2D eigenvalue weighted by atomic mass is 16.7. The number of hydrogen-bond donors (Lipinski definition) is 2. The van der Waals surface area contributed by atoms with Crippen molar-refractivity contribution in [2.24, 2.45) is 0 Å². The van der Waals surface area contributed by atoms with Crippen molar-refractivity contribution < 1.29 is 9.47 Å². The van der Waals surface area contributed by atoms with Gasteiger partial charge < -0.3 is 15.2 Å². The number of nitrogen functional groups attached to an aromatic ring is 1. The Bertz CT molecular complexity index is 575. The standard InChI is InChI=1S/C12H13N3O2/c1-12(2)16-9-4-3-7(5-10(9)17-12)8-6-14-15-11(8)13/h3-6H,1-2H3,(H3,13,14,15). The maximum atomic E-state index is 5.78. The number of aromatic nitrogens is 2. The Hall–Kier alpha value is -2.17. The predicted octanol–water partition coefficient (Wildman–Crippen LogP) is 2.17. The predicted molar refractivity (Wildman–Crippen MR) is 63.8 cm³/mol. The van der Waals surface area contributed by atoms with Crippen molar-refractivity contribution in [2.75, 3.05) is 5.73 Å². The summed E-state index contributed by atoms with van der Waals surface area (Å²) in [5.41, 5.74) is 7.60. The van der Waals surface area contributed by atoms with Gasteiger partial charge in [0.05, 0.1) is 6.20 Å². The molecule has 2 heterocycles. The zero-order valence-electron chi connectivity index (χ0n) is 9.65. The molecule has 1 aromatic carbocycles. The molecular weight excluding hydrogens is 218 g/mol.